The molecule has 0 unspecified atom stereocenters. The Kier molecular flexibility index (Phi) is 3.74. The van der Waals surface area contributed by atoms with E-state index in [1.165, 1.54) is 4.90 Å². The fraction of sp³-hybridized carbons (Fsp3) is 0.429. The number of anilines is 1. The van der Waals surface area contributed by atoms with Gasteiger partial charge >= 0.3 is 5.97 Å². The van der Waals surface area contributed by atoms with Crippen molar-refractivity contribution in [3.8, 4) is 0 Å². The molecule has 5 nitrogen and oxygen atoms in total. The summed E-state index contributed by atoms with van der Waals surface area (Å²) in [5, 5.41) is 9.12. The highest BCUT2D eigenvalue weighted by molar-refractivity contribution is 5.97. The first-order valence-electron chi connectivity index (χ1n) is 6.32. The molecule has 0 aromatic heterocycles. The van der Waals surface area contributed by atoms with Gasteiger partial charge in [-0.05, 0) is 31.0 Å². The molecule has 0 bridgehead atoms. The third kappa shape index (κ3) is 2.70. The predicted molar refractivity (Wildman–Crippen MR) is 72.5 cm³/mol. The van der Waals surface area contributed by atoms with E-state index < -0.39 is 12.0 Å². The lowest BCUT2D eigenvalue weighted by Gasteiger charge is -2.22. The first-order chi connectivity index (χ1) is 9.00. The number of aliphatic carboxylic acids is 1. The molecule has 1 aliphatic rings. The smallest absolute Gasteiger partial charge is 0.326 e. The lowest BCUT2D eigenvalue weighted by Crippen LogP contribution is -2.40. The van der Waals surface area contributed by atoms with Crippen molar-refractivity contribution in [3.05, 3.63) is 29.8 Å². The van der Waals surface area contributed by atoms with Crippen molar-refractivity contribution in [1.29, 1.82) is 0 Å². The molecule has 5 heteroatoms. The Morgan fingerprint density at radius 2 is 2.11 bits per heavy atom. The number of carbonyl (C=O) groups excluding carboxylic acids is 1. The van der Waals surface area contributed by atoms with Crippen LogP contribution in [0.1, 0.15) is 23.2 Å². The van der Waals surface area contributed by atoms with E-state index in [0.29, 0.717) is 18.5 Å². The van der Waals surface area contributed by atoms with Crippen LogP contribution in [0.25, 0.3) is 0 Å². The fourth-order valence-corrected chi connectivity index (χ4v) is 2.35. The van der Waals surface area contributed by atoms with Gasteiger partial charge in [-0.2, -0.15) is 0 Å². The third-order valence-electron chi connectivity index (χ3n) is 3.41. The van der Waals surface area contributed by atoms with Crippen LogP contribution < -0.4 is 4.90 Å². The minimum Gasteiger partial charge on any atom is -0.480 e. The van der Waals surface area contributed by atoms with Crippen LogP contribution in [0.2, 0.25) is 0 Å². The topological polar surface area (TPSA) is 60.9 Å². The number of likely N-dealkylation sites (tertiary alicyclic amines) is 1. The summed E-state index contributed by atoms with van der Waals surface area (Å²) in [6.07, 6.45) is 1.28. The van der Waals surface area contributed by atoms with Gasteiger partial charge in [0.1, 0.15) is 6.04 Å². The maximum Gasteiger partial charge on any atom is 0.326 e. The molecule has 1 N–H and O–H groups in total. The Balaban J connectivity index is 2.24. The first-order valence-corrected chi connectivity index (χ1v) is 6.32. The number of nitrogens with zero attached hydrogens (tertiary/aromatic N) is 2. The molecule has 1 heterocycles. The molecule has 1 aliphatic heterocycles. The van der Waals surface area contributed by atoms with E-state index in [0.717, 1.165) is 12.1 Å². The second-order valence-corrected chi connectivity index (χ2v) is 4.94. The van der Waals surface area contributed by atoms with Crippen molar-refractivity contribution < 1.29 is 14.7 Å². The normalized spacial score (nSPS) is 18.4. The van der Waals surface area contributed by atoms with Crippen molar-refractivity contribution in [2.45, 2.75) is 18.9 Å². The van der Waals surface area contributed by atoms with Crippen LogP contribution in [0.5, 0.6) is 0 Å². The van der Waals surface area contributed by atoms with Crippen LogP contribution in [0.15, 0.2) is 24.3 Å². The summed E-state index contributed by atoms with van der Waals surface area (Å²) in [7, 11) is 3.80. The minimum absolute atomic E-state index is 0.200. The molecular weight excluding hydrogens is 244 g/mol. The van der Waals surface area contributed by atoms with Gasteiger partial charge in [-0.3, -0.25) is 4.79 Å². The van der Waals surface area contributed by atoms with Gasteiger partial charge in [0.25, 0.3) is 5.91 Å². The number of rotatable bonds is 3. The minimum atomic E-state index is -0.922. The monoisotopic (exact) mass is 262 g/mol. The van der Waals surface area contributed by atoms with Gasteiger partial charge in [-0.1, -0.05) is 6.07 Å². The highest BCUT2D eigenvalue weighted by Gasteiger charge is 2.34. The maximum atomic E-state index is 12.4. The lowest BCUT2D eigenvalue weighted by molar-refractivity contribution is -0.141. The van der Waals surface area contributed by atoms with E-state index >= 15 is 0 Å². The molecule has 102 valence electrons. The van der Waals surface area contributed by atoms with Gasteiger partial charge < -0.3 is 14.9 Å². The number of carboxylic acids is 1. The SMILES string of the molecule is CN(C)c1cccc(C(=O)N2CCC[C@@H]2C(=O)O)c1. The van der Waals surface area contributed by atoms with Crippen molar-refractivity contribution in [2.24, 2.45) is 0 Å². The average molecular weight is 262 g/mol. The van der Waals surface area contributed by atoms with Crippen LogP contribution in [0.3, 0.4) is 0 Å². The van der Waals surface area contributed by atoms with Crippen molar-refractivity contribution in [1.82, 2.24) is 4.90 Å². The van der Waals surface area contributed by atoms with Crippen molar-refractivity contribution in [2.75, 3.05) is 25.5 Å². The summed E-state index contributed by atoms with van der Waals surface area (Å²) in [6, 6.07) is 6.56. The highest BCUT2D eigenvalue weighted by Crippen LogP contribution is 2.22. The molecule has 1 amide bonds. The summed E-state index contributed by atoms with van der Waals surface area (Å²) in [5.74, 6) is -1.12. The van der Waals surface area contributed by atoms with E-state index in [4.69, 9.17) is 5.11 Å². The fourth-order valence-electron chi connectivity index (χ4n) is 2.35. The first kappa shape index (κ1) is 13.4. The second-order valence-electron chi connectivity index (χ2n) is 4.94. The second kappa shape index (κ2) is 5.30. The molecule has 0 aliphatic carbocycles. The standard InChI is InChI=1S/C14H18N2O3/c1-15(2)11-6-3-5-10(9-11)13(17)16-8-4-7-12(16)14(18)19/h3,5-6,9,12H,4,7-8H2,1-2H3,(H,18,19)/t12-/m1/s1. The Morgan fingerprint density at radius 3 is 2.74 bits per heavy atom. The molecule has 1 fully saturated rings. The molecule has 2 rings (SSSR count). The Morgan fingerprint density at radius 1 is 1.37 bits per heavy atom. The largest absolute Gasteiger partial charge is 0.480 e. The Bertz CT molecular complexity index is 499. The predicted octanol–water partition coefficient (Wildman–Crippen LogP) is 1.44. The van der Waals surface area contributed by atoms with Gasteiger partial charge in [-0.15, -0.1) is 0 Å². The van der Waals surface area contributed by atoms with E-state index in [1.54, 1.807) is 12.1 Å². The van der Waals surface area contributed by atoms with Gasteiger partial charge in [0.05, 0.1) is 0 Å². The zero-order valence-corrected chi connectivity index (χ0v) is 11.2. The van der Waals surface area contributed by atoms with Crippen LogP contribution in [0, 0.1) is 0 Å². The number of carbonyl (C=O) groups is 2. The van der Waals surface area contributed by atoms with Crippen LogP contribution in [-0.4, -0.2) is 48.6 Å². The molecule has 19 heavy (non-hydrogen) atoms. The van der Waals surface area contributed by atoms with E-state index in [-0.39, 0.29) is 5.91 Å². The molecule has 0 spiro atoms. The summed E-state index contributed by atoms with van der Waals surface area (Å²) in [6.45, 7) is 0.516. The van der Waals surface area contributed by atoms with Gasteiger partial charge in [0.15, 0.2) is 0 Å². The summed E-state index contributed by atoms with van der Waals surface area (Å²) in [5.41, 5.74) is 1.47. The van der Waals surface area contributed by atoms with Crippen molar-refractivity contribution in [3.63, 3.8) is 0 Å². The summed E-state index contributed by atoms with van der Waals surface area (Å²) in [4.78, 5) is 26.9. The molecule has 0 saturated carbocycles. The van der Waals surface area contributed by atoms with Crippen LogP contribution >= 0.6 is 0 Å². The molecule has 1 aromatic rings. The van der Waals surface area contributed by atoms with Crippen LogP contribution in [0.4, 0.5) is 5.69 Å². The van der Waals surface area contributed by atoms with Crippen molar-refractivity contribution >= 4 is 17.6 Å². The highest BCUT2D eigenvalue weighted by atomic mass is 16.4. The Labute approximate surface area is 112 Å². The maximum absolute atomic E-state index is 12.4. The molecule has 1 atom stereocenters. The number of benzene rings is 1. The molecule has 1 aromatic carbocycles. The third-order valence-corrected chi connectivity index (χ3v) is 3.41. The zero-order valence-electron chi connectivity index (χ0n) is 11.2. The lowest BCUT2D eigenvalue weighted by atomic mass is 10.1. The van der Waals surface area contributed by atoms with Crippen LogP contribution in [-0.2, 0) is 4.79 Å². The van der Waals surface area contributed by atoms with E-state index in [1.807, 2.05) is 31.1 Å². The zero-order chi connectivity index (χ0) is 14.0. The summed E-state index contributed by atoms with van der Waals surface area (Å²) >= 11 is 0. The van der Waals surface area contributed by atoms with E-state index in [9.17, 15) is 9.59 Å². The average Bonchev–Trinajstić information content (AvgIpc) is 2.87. The van der Waals surface area contributed by atoms with Gasteiger partial charge in [0.2, 0.25) is 0 Å². The molecule has 0 radical (unpaired) electrons. The number of carboxylic acid groups (broad SMARTS) is 1. The molecular formula is C14H18N2O3. The number of hydrogen-bond acceptors (Lipinski definition) is 3. The number of amides is 1. The van der Waals surface area contributed by atoms with Gasteiger partial charge in [0, 0.05) is 31.9 Å². The van der Waals surface area contributed by atoms with Gasteiger partial charge in [-0.25, -0.2) is 4.79 Å². The quantitative estimate of drug-likeness (QED) is 0.895. The van der Waals surface area contributed by atoms with E-state index in [2.05, 4.69) is 0 Å². The number of hydrogen-bond donors (Lipinski definition) is 1. The molecule has 1 saturated heterocycles. The summed E-state index contributed by atoms with van der Waals surface area (Å²) < 4.78 is 0. The Hall–Kier alpha value is -2.04.